The van der Waals surface area contributed by atoms with Crippen LogP contribution in [0.25, 0.3) is 0 Å². The van der Waals surface area contributed by atoms with E-state index in [2.05, 4.69) is 15.3 Å². The Labute approximate surface area is 143 Å². The van der Waals surface area contributed by atoms with Crippen molar-refractivity contribution in [1.82, 2.24) is 9.97 Å². The Hall–Kier alpha value is -3.03. The number of nitrogens with one attached hydrogen (secondary N) is 1. The van der Waals surface area contributed by atoms with E-state index in [1.807, 2.05) is 4.90 Å². The third kappa shape index (κ3) is 4.09. The van der Waals surface area contributed by atoms with Crippen LogP contribution in [0.5, 0.6) is 0 Å². The van der Waals surface area contributed by atoms with E-state index in [0.29, 0.717) is 37.4 Å². The summed E-state index contributed by atoms with van der Waals surface area (Å²) < 4.78 is 13.2. The normalized spacial score (nSPS) is 15.0. The molecule has 0 aliphatic carbocycles. The van der Waals surface area contributed by atoms with Gasteiger partial charge in [0.15, 0.2) is 5.69 Å². The van der Waals surface area contributed by atoms with Crippen LogP contribution in [0.2, 0.25) is 0 Å². The molecule has 3 rings (SSSR count). The Morgan fingerprint density at radius 3 is 2.56 bits per heavy atom. The summed E-state index contributed by atoms with van der Waals surface area (Å²) in [6.07, 6.45) is 3.91. The van der Waals surface area contributed by atoms with Gasteiger partial charge in [-0.3, -0.25) is 4.79 Å². The lowest BCUT2D eigenvalue weighted by Crippen LogP contribution is -2.38. The molecule has 0 bridgehead atoms. The average Bonchev–Trinajstić information content (AvgIpc) is 2.62. The maximum Gasteiger partial charge on any atom is 0.356 e. The Morgan fingerprint density at radius 1 is 1.20 bits per heavy atom. The molecule has 1 aromatic heterocycles. The summed E-state index contributed by atoms with van der Waals surface area (Å²) in [4.78, 5) is 33.0. The van der Waals surface area contributed by atoms with Gasteiger partial charge in [0.1, 0.15) is 11.6 Å². The molecule has 0 atom stereocenters. The number of aromatic carboxylic acids is 1. The maximum atomic E-state index is 13.2. The SMILES string of the molecule is O=C(O)c1cnc(N2CCC(C(=O)Nc3cccc(F)c3)CC2)cn1. The Balaban J connectivity index is 1.56. The number of anilines is 2. The van der Waals surface area contributed by atoms with Crippen molar-refractivity contribution in [3.05, 3.63) is 48.2 Å². The molecule has 0 saturated carbocycles. The van der Waals surface area contributed by atoms with Gasteiger partial charge in [-0.2, -0.15) is 0 Å². The van der Waals surface area contributed by atoms with Crippen LogP contribution in [0, 0.1) is 11.7 Å². The van der Waals surface area contributed by atoms with Crippen LogP contribution in [0.4, 0.5) is 15.9 Å². The van der Waals surface area contributed by atoms with Gasteiger partial charge in [0.05, 0.1) is 12.4 Å². The van der Waals surface area contributed by atoms with Gasteiger partial charge in [0.2, 0.25) is 5.91 Å². The van der Waals surface area contributed by atoms with Crippen LogP contribution in [0.3, 0.4) is 0 Å². The molecule has 25 heavy (non-hydrogen) atoms. The van der Waals surface area contributed by atoms with Crippen LogP contribution >= 0.6 is 0 Å². The van der Waals surface area contributed by atoms with E-state index in [1.165, 1.54) is 24.5 Å². The van der Waals surface area contributed by atoms with Gasteiger partial charge in [-0.1, -0.05) is 6.07 Å². The number of amides is 1. The van der Waals surface area contributed by atoms with Gasteiger partial charge in [-0.25, -0.2) is 19.2 Å². The third-order valence-electron chi connectivity index (χ3n) is 4.14. The zero-order valence-corrected chi connectivity index (χ0v) is 13.4. The zero-order chi connectivity index (χ0) is 17.8. The molecular formula is C17H17FN4O3. The summed E-state index contributed by atoms with van der Waals surface area (Å²) in [6, 6.07) is 5.81. The van der Waals surface area contributed by atoms with E-state index >= 15 is 0 Å². The lowest BCUT2D eigenvalue weighted by Gasteiger charge is -2.31. The van der Waals surface area contributed by atoms with Crippen molar-refractivity contribution in [2.24, 2.45) is 5.92 Å². The summed E-state index contributed by atoms with van der Waals surface area (Å²) >= 11 is 0. The number of carboxylic acid groups (broad SMARTS) is 1. The molecule has 0 unspecified atom stereocenters. The quantitative estimate of drug-likeness (QED) is 0.882. The van der Waals surface area contributed by atoms with Crippen molar-refractivity contribution in [2.45, 2.75) is 12.8 Å². The summed E-state index contributed by atoms with van der Waals surface area (Å²) in [5.74, 6) is -1.21. The Bertz CT molecular complexity index is 774. The summed E-state index contributed by atoms with van der Waals surface area (Å²) in [5, 5.41) is 11.6. The third-order valence-corrected chi connectivity index (χ3v) is 4.14. The standard InChI is InChI=1S/C17H17FN4O3/c18-12-2-1-3-13(8-12)21-16(23)11-4-6-22(7-5-11)15-10-19-14(9-20-15)17(24)25/h1-3,8-11H,4-7H2,(H,21,23)(H,24,25). The highest BCUT2D eigenvalue weighted by Crippen LogP contribution is 2.23. The van der Waals surface area contributed by atoms with Crippen molar-refractivity contribution in [2.75, 3.05) is 23.3 Å². The highest BCUT2D eigenvalue weighted by atomic mass is 19.1. The number of rotatable bonds is 4. The first-order chi connectivity index (χ1) is 12.0. The predicted molar refractivity (Wildman–Crippen MR) is 89.0 cm³/mol. The fourth-order valence-corrected chi connectivity index (χ4v) is 2.78. The minimum atomic E-state index is -1.12. The highest BCUT2D eigenvalue weighted by Gasteiger charge is 2.26. The number of benzene rings is 1. The lowest BCUT2D eigenvalue weighted by atomic mass is 9.96. The molecule has 2 heterocycles. The maximum absolute atomic E-state index is 13.2. The Kier molecular flexibility index (Phi) is 4.87. The number of hydrogen-bond donors (Lipinski definition) is 2. The predicted octanol–water partition coefficient (Wildman–Crippen LogP) is 2.17. The summed E-state index contributed by atoms with van der Waals surface area (Å²) in [5.41, 5.74) is 0.343. The largest absolute Gasteiger partial charge is 0.476 e. The van der Waals surface area contributed by atoms with Crippen molar-refractivity contribution in [1.29, 1.82) is 0 Å². The molecule has 0 radical (unpaired) electrons. The first-order valence-corrected chi connectivity index (χ1v) is 7.89. The monoisotopic (exact) mass is 344 g/mol. The average molecular weight is 344 g/mol. The number of carboxylic acids is 1. The number of halogens is 1. The first-order valence-electron chi connectivity index (χ1n) is 7.89. The number of carbonyl (C=O) groups excluding carboxylic acids is 1. The molecule has 7 nitrogen and oxygen atoms in total. The van der Waals surface area contributed by atoms with E-state index < -0.39 is 11.8 Å². The number of hydrogen-bond acceptors (Lipinski definition) is 5. The van der Waals surface area contributed by atoms with Gasteiger partial charge in [-0.05, 0) is 31.0 Å². The van der Waals surface area contributed by atoms with Gasteiger partial charge in [0.25, 0.3) is 0 Å². The van der Waals surface area contributed by atoms with Gasteiger partial charge in [-0.15, -0.1) is 0 Å². The molecule has 1 aliphatic heterocycles. The lowest BCUT2D eigenvalue weighted by molar-refractivity contribution is -0.120. The summed E-state index contributed by atoms with van der Waals surface area (Å²) in [7, 11) is 0. The zero-order valence-electron chi connectivity index (χ0n) is 13.4. The molecule has 1 amide bonds. The topological polar surface area (TPSA) is 95.4 Å². The van der Waals surface area contributed by atoms with Crippen LogP contribution < -0.4 is 10.2 Å². The fourth-order valence-electron chi connectivity index (χ4n) is 2.78. The molecule has 1 aromatic carbocycles. The van der Waals surface area contributed by atoms with Crippen LogP contribution in [0.1, 0.15) is 23.3 Å². The van der Waals surface area contributed by atoms with Crippen molar-refractivity contribution < 1.29 is 19.1 Å². The molecule has 8 heteroatoms. The highest BCUT2D eigenvalue weighted by molar-refractivity contribution is 5.92. The minimum absolute atomic E-state index is 0.104. The smallest absolute Gasteiger partial charge is 0.356 e. The first kappa shape index (κ1) is 16.8. The molecule has 130 valence electrons. The molecule has 2 N–H and O–H groups in total. The van der Waals surface area contributed by atoms with Crippen molar-refractivity contribution >= 4 is 23.4 Å². The minimum Gasteiger partial charge on any atom is -0.476 e. The Morgan fingerprint density at radius 2 is 1.96 bits per heavy atom. The second kappa shape index (κ2) is 7.25. The molecule has 1 saturated heterocycles. The van der Waals surface area contributed by atoms with Gasteiger partial charge < -0.3 is 15.3 Å². The second-order valence-electron chi connectivity index (χ2n) is 5.83. The van der Waals surface area contributed by atoms with Gasteiger partial charge in [0, 0.05) is 24.7 Å². The van der Waals surface area contributed by atoms with E-state index in [9.17, 15) is 14.0 Å². The molecule has 0 spiro atoms. The van der Waals surface area contributed by atoms with Crippen LogP contribution in [-0.4, -0.2) is 40.0 Å². The number of aromatic nitrogens is 2. The molecule has 1 fully saturated rings. The fraction of sp³-hybridized carbons (Fsp3) is 0.294. The van der Waals surface area contributed by atoms with Crippen molar-refractivity contribution in [3.8, 4) is 0 Å². The number of carbonyl (C=O) groups is 2. The van der Waals surface area contributed by atoms with Crippen LogP contribution in [-0.2, 0) is 4.79 Å². The van der Waals surface area contributed by atoms with Gasteiger partial charge >= 0.3 is 5.97 Å². The van der Waals surface area contributed by atoms with E-state index in [0.717, 1.165) is 0 Å². The van der Waals surface area contributed by atoms with E-state index in [1.54, 1.807) is 12.1 Å². The number of nitrogens with zero attached hydrogens (tertiary/aromatic N) is 3. The van der Waals surface area contributed by atoms with E-state index in [4.69, 9.17) is 5.11 Å². The molecular weight excluding hydrogens is 327 g/mol. The number of piperidine rings is 1. The van der Waals surface area contributed by atoms with E-state index in [-0.39, 0.29) is 17.5 Å². The molecule has 2 aromatic rings. The molecule has 1 aliphatic rings. The summed E-state index contributed by atoms with van der Waals surface area (Å²) in [6.45, 7) is 1.23. The van der Waals surface area contributed by atoms with Crippen LogP contribution in [0.15, 0.2) is 36.7 Å². The second-order valence-corrected chi connectivity index (χ2v) is 5.83. The van der Waals surface area contributed by atoms with Crippen molar-refractivity contribution in [3.63, 3.8) is 0 Å².